The third-order valence-electron chi connectivity index (χ3n) is 9.00. The van der Waals surface area contributed by atoms with Gasteiger partial charge in [0.15, 0.2) is 11.5 Å². The molecule has 1 fully saturated rings. The van der Waals surface area contributed by atoms with Gasteiger partial charge in [0, 0.05) is 30.0 Å². The molecule has 5 aromatic rings. The number of H-pyrrole nitrogens is 1. The number of anilines is 3. The molecular weight excluding hydrogens is 662 g/mol. The van der Waals surface area contributed by atoms with Crippen LogP contribution in [0.5, 0.6) is 6.01 Å². The van der Waals surface area contributed by atoms with E-state index in [2.05, 4.69) is 56.4 Å². The smallest absolute Gasteiger partial charge is 0.335 e. The second-order valence-electron chi connectivity index (χ2n) is 12.9. The summed E-state index contributed by atoms with van der Waals surface area (Å²) in [6.45, 7) is 6.58. The molecular formula is C38H47N9O5. The van der Waals surface area contributed by atoms with E-state index in [9.17, 15) is 14.4 Å². The molecule has 1 aliphatic rings. The van der Waals surface area contributed by atoms with Gasteiger partial charge in [0.2, 0.25) is 0 Å². The lowest BCUT2D eigenvalue weighted by molar-refractivity contribution is 0.0696. The highest BCUT2D eigenvalue weighted by molar-refractivity contribution is 5.94. The van der Waals surface area contributed by atoms with E-state index >= 15 is 0 Å². The quantitative estimate of drug-likeness (QED) is 0.0738. The van der Waals surface area contributed by atoms with E-state index in [0.29, 0.717) is 53.7 Å². The van der Waals surface area contributed by atoms with Crippen LogP contribution in [0.4, 0.5) is 17.2 Å². The normalized spacial score (nSPS) is 13.3. The number of piperidine rings is 1. The Hall–Kier alpha value is -5.89. The number of nitrogen functional groups attached to an aromatic ring is 3. The minimum absolute atomic E-state index is 0.0518. The summed E-state index contributed by atoms with van der Waals surface area (Å²) in [7, 11) is 0. The molecule has 14 nitrogen and oxygen atoms in total. The Morgan fingerprint density at radius 3 is 2.08 bits per heavy atom. The van der Waals surface area contributed by atoms with Gasteiger partial charge in [-0.3, -0.25) is 14.3 Å². The van der Waals surface area contributed by atoms with Crippen LogP contribution in [0.1, 0.15) is 70.9 Å². The fourth-order valence-electron chi connectivity index (χ4n) is 5.93. The summed E-state index contributed by atoms with van der Waals surface area (Å²) in [5.74, 6) is -0.173. The van der Waals surface area contributed by atoms with Crippen molar-refractivity contribution in [2.24, 2.45) is 5.92 Å². The maximum atomic E-state index is 12.7. The number of nitrogens with zero attached hydrogens (tertiary/aromatic N) is 4. The summed E-state index contributed by atoms with van der Waals surface area (Å²) >= 11 is 0. The molecule has 2 aromatic heterocycles. The second kappa shape index (κ2) is 17.9. The van der Waals surface area contributed by atoms with E-state index in [4.69, 9.17) is 27.0 Å². The van der Waals surface area contributed by atoms with E-state index in [-0.39, 0.29) is 29.0 Å². The molecule has 6 rings (SSSR count). The van der Waals surface area contributed by atoms with Crippen molar-refractivity contribution in [3.63, 3.8) is 0 Å². The van der Waals surface area contributed by atoms with Gasteiger partial charge in [0.25, 0.3) is 5.91 Å². The molecule has 0 saturated carbocycles. The predicted molar refractivity (Wildman–Crippen MR) is 202 cm³/mol. The maximum absolute atomic E-state index is 12.7. The zero-order valence-corrected chi connectivity index (χ0v) is 29.4. The van der Waals surface area contributed by atoms with Crippen molar-refractivity contribution >= 4 is 40.2 Å². The van der Waals surface area contributed by atoms with Crippen molar-refractivity contribution in [3.8, 4) is 6.01 Å². The van der Waals surface area contributed by atoms with Crippen LogP contribution in [0.25, 0.3) is 11.2 Å². The van der Waals surface area contributed by atoms with Crippen LogP contribution in [0.2, 0.25) is 0 Å². The Balaban J connectivity index is 0.000000452. The molecule has 0 bridgehead atoms. The number of carboxylic acid groups (broad SMARTS) is 1. The van der Waals surface area contributed by atoms with Crippen molar-refractivity contribution in [2.45, 2.75) is 52.1 Å². The monoisotopic (exact) mass is 709 g/mol. The lowest BCUT2D eigenvalue weighted by Gasteiger charge is -2.32. The first-order valence-corrected chi connectivity index (χ1v) is 17.5. The summed E-state index contributed by atoms with van der Waals surface area (Å²) in [5, 5.41) is 11.5. The molecule has 0 atom stereocenters. The maximum Gasteiger partial charge on any atom is 0.335 e. The standard InChI is InChI=1S/C31H40N8O3.C7H7NO2/c1-2-3-18-42-30-36-27(33)26-28(37-30)39(31(41)35-26)20-23-6-4-22(5-7-23)19-38-16-13-21(14-17-38)12-15-34-29(40)24-8-10-25(32)11-9-24;8-6-3-1-5(2-4-6)7(9)10/h4-11,21H,2-3,12-20,32H2,1H3,(H,34,40)(H,35,41)(H2,33,36,37);1-4H,8H2,(H,9,10). The van der Waals surface area contributed by atoms with Gasteiger partial charge in [-0.05, 0) is 104 Å². The molecule has 0 unspecified atom stereocenters. The number of imidazole rings is 1. The number of unbranched alkanes of at least 4 members (excludes halogenated alkanes) is 1. The molecule has 0 radical (unpaired) electrons. The number of benzene rings is 3. The van der Waals surface area contributed by atoms with E-state index < -0.39 is 5.97 Å². The van der Waals surface area contributed by atoms with Gasteiger partial charge in [-0.15, -0.1) is 0 Å². The number of carboxylic acids is 1. The topological polar surface area (TPSA) is 220 Å². The summed E-state index contributed by atoms with van der Waals surface area (Å²) in [4.78, 5) is 49.2. The first-order chi connectivity index (χ1) is 25.1. The van der Waals surface area contributed by atoms with E-state index in [0.717, 1.165) is 57.3 Å². The van der Waals surface area contributed by atoms with Crippen LogP contribution in [0.3, 0.4) is 0 Å². The van der Waals surface area contributed by atoms with Crippen LogP contribution < -0.4 is 32.9 Å². The number of ether oxygens (including phenoxy) is 1. The minimum atomic E-state index is -0.931. The summed E-state index contributed by atoms with van der Waals surface area (Å²) < 4.78 is 7.20. The van der Waals surface area contributed by atoms with Gasteiger partial charge < -0.3 is 37.3 Å². The van der Waals surface area contributed by atoms with Gasteiger partial charge in [-0.1, -0.05) is 37.6 Å². The lowest BCUT2D eigenvalue weighted by atomic mass is 9.93. The number of carbonyl (C=O) groups excluding carboxylic acids is 1. The molecule has 52 heavy (non-hydrogen) atoms. The highest BCUT2D eigenvalue weighted by Gasteiger charge is 2.20. The summed E-state index contributed by atoms with van der Waals surface area (Å²) in [6, 6.07) is 21.6. The van der Waals surface area contributed by atoms with E-state index in [1.807, 2.05) is 0 Å². The number of likely N-dealkylation sites (tertiary alicyclic amines) is 1. The van der Waals surface area contributed by atoms with Crippen molar-refractivity contribution in [1.29, 1.82) is 0 Å². The van der Waals surface area contributed by atoms with Crippen molar-refractivity contribution in [3.05, 3.63) is 106 Å². The number of amides is 1. The van der Waals surface area contributed by atoms with Crippen molar-refractivity contribution in [2.75, 3.05) is 43.4 Å². The predicted octanol–water partition coefficient (Wildman–Crippen LogP) is 4.51. The number of aromatic amines is 1. The third kappa shape index (κ3) is 10.3. The Bertz CT molecular complexity index is 1980. The SMILES string of the molecule is CCCCOc1nc(N)c2[nH]c(=O)n(Cc3ccc(CN4CCC(CCNC(=O)c5ccc(N)cc5)CC4)cc3)c2n1.Nc1ccc(C(=O)O)cc1. The van der Waals surface area contributed by atoms with Crippen LogP contribution in [-0.4, -0.2) is 67.6 Å². The number of aromatic carboxylic acids is 1. The largest absolute Gasteiger partial charge is 0.478 e. The summed E-state index contributed by atoms with van der Waals surface area (Å²) in [5.41, 5.74) is 22.0. The molecule has 14 heteroatoms. The molecule has 9 N–H and O–H groups in total. The Kier molecular flexibility index (Phi) is 12.8. The van der Waals surface area contributed by atoms with Crippen LogP contribution in [0.15, 0.2) is 77.6 Å². The third-order valence-corrected chi connectivity index (χ3v) is 9.00. The molecule has 1 saturated heterocycles. The summed E-state index contributed by atoms with van der Waals surface area (Å²) in [6.07, 6.45) is 5.11. The zero-order valence-electron chi connectivity index (χ0n) is 29.4. The number of carbonyl (C=O) groups is 2. The van der Waals surface area contributed by atoms with Crippen LogP contribution >= 0.6 is 0 Å². The second-order valence-corrected chi connectivity index (χ2v) is 12.9. The highest BCUT2D eigenvalue weighted by atomic mass is 16.5. The molecule has 3 heterocycles. The minimum Gasteiger partial charge on any atom is -0.478 e. The average Bonchev–Trinajstić information content (AvgIpc) is 3.45. The van der Waals surface area contributed by atoms with E-state index in [1.54, 1.807) is 41.0 Å². The van der Waals surface area contributed by atoms with Gasteiger partial charge >= 0.3 is 17.7 Å². The Labute approximate surface area is 302 Å². The molecule has 3 aromatic carbocycles. The van der Waals surface area contributed by atoms with E-state index in [1.165, 1.54) is 17.7 Å². The number of nitrogens with two attached hydrogens (primary N) is 3. The van der Waals surface area contributed by atoms with Crippen LogP contribution in [0, 0.1) is 5.92 Å². The van der Waals surface area contributed by atoms with Gasteiger partial charge in [0.1, 0.15) is 5.52 Å². The molecule has 0 aliphatic carbocycles. The van der Waals surface area contributed by atoms with Gasteiger partial charge in [-0.25, -0.2) is 9.59 Å². The van der Waals surface area contributed by atoms with Gasteiger partial charge in [-0.2, -0.15) is 9.97 Å². The molecule has 1 aliphatic heterocycles. The highest BCUT2D eigenvalue weighted by Crippen LogP contribution is 2.23. The zero-order chi connectivity index (χ0) is 37.0. The molecule has 1 amide bonds. The molecule has 274 valence electrons. The number of rotatable bonds is 13. The number of nitrogens with one attached hydrogen (secondary N) is 2. The van der Waals surface area contributed by atoms with Gasteiger partial charge in [0.05, 0.1) is 18.7 Å². The number of hydrogen-bond donors (Lipinski definition) is 6. The van der Waals surface area contributed by atoms with Crippen molar-refractivity contribution < 1.29 is 19.4 Å². The fraction of sp³-hybridized carbons (Fsp3) is 0.342. The molecule has 0 spiro atoms. The van der Waals surface area contributed by atoms with Crippen molar-refractivity contribution in [1.82, 2.24) is 29.7 Å². The Morgan fingerprint density at radius 2 is 1.48 bits per heavy atom. The number of fused-ring (bicyclic) bond motifs is 1. The first-order valence-electron chi connectivity index (χ1n) is 17.5. The lowest BCUT2D eigenvalue weighted by Crippen LogP contribution is -2.34. The number of aromatic nitrogens is 4. The first kappa shape index (κ1) is 37.4. The Morgan fingerprint density at radius 1 is 0.885 bits per heavy atom. The number of hydrogen-bond acceptors (Lipinski definition) is 10. The fourth-order valence-corrected chi connectivity index (χ4v) is 5.93. The average molecular weight is 710 g/mol. The van der Waals surface area contributed by atoms with Crippen LogP contribution in [-0.2, 0) is 13.1 Å².